The SMILES string of the molecule is O=S([O-])CN1CCC(c2[nH]nc(-c3ccc(F)cc3)c2-c2ccncc2)CC1. The van der Waals surface area contributed by atoms with Crippen molar-refractivity contribution in [2.45, 2.75) is 18.8 Å². The van der Waals surface area contributed by atoms with E-state index in [-0.39, 0.29) is 17.6 Å². The molecule has 0 saturated carbocycles. The summed E-state index contributed by atoms with van der Waals surface area (Å²) in [6.07, 6.45) is 5.18. The molecule has 1 aromatic carbocycles. The molecular weight excluding hydrogens is 379 g/mol. The van der Waals surface area contributed by atoms with Crippen molar-refractivity contribution in [1.29, 1.82) is 0 Å². The highest BCUT2D eigenvalue weighted by atomic mass is 32.2. The second-order valence-electron chi connectivity index (χ2n) is 6.93. The molecule has 6 nitrogen and oxygen atoms in total. The number of piperidine rings is 1. The van der Waals surface area contributed by atoms with Crippen LogP contribution in [-0.4, -0.2) is 47.8 Å². The van der Waals surface area contributed by atoms with E-state index < -0.39 is 11.1 Å². The zero-order chi connectivity index (χ0) is 19.5. The average Bonchev–Trinajstić information content (AvgIpc) is 3.14. The highest BCUT2D eigenvalue weighted by Gasteiger charge is 2.27. The standard InChI is InChI=1S/C20H21FN4O2S/c21-17-3-1-15(2-4-17)19-18(14-5-9-22-10-6-14)20(24-23-19)16-7-11-25(12-8-16)13-28(26)27/h1-6,9-10,16H,7-8,11-13H2,(H,23,24)(H,26,27)/p-1. The molecule has 1 unspecified atom stereocenters. The Bertz CT molecular complexity index is 954. The zero-order valence-corrected chi connectivity index (χ0v) is 16.0. The molecular formula is C20H20FN4O2S-. The first-order valence-electron chi connectivity index (χ1n) is 9.14. The summed E-state index contributed by atoms with van der Waals surface area (Å²) in [7, 11) is 0. The summed E-state index contributed by atoms with van der Waals surface area (Å²) in [6, 6.07) is 10.2. The van der Waals surface area contributed by atoms with E-state index >= 15 is 0 Å². The molecule has 3 heterocycles. The molecule has 0 aliphatic carbocycles. The second-order valence-corrected chi connectivity index (χ2v) is 7.79. The van der Waals surface area contributed by atoms with Crippen LogP contribution in [0.15, 0.2) is 48.8 Å². The van der Waals surface area contributed by atoms with E-state index in [9.17, 15) is 13.2 Å². The van der Waals surface area contributed by atoms with Crippen LogP contribution in [0, 0.1) is 5.82 Å². The molecule has 0 spiro atoms. The Morgan fingerprint density at radius 2 is 1.79 bits per heavy atom. The number of pyridine rings is 1. The van der Waals surface area contributed by atoms with Crippen molar-refractivity contribution in [3.8, 4) is 22.4 Å². The molecule has 2 aromatic heterocycles. The normalized spacial score (nSPS) is 16.9. The quantitative estimate of drug-likeness (QED) is 0.666. The number of halogens is 1. The Morgan fingerprint density at radius 1 is 1.11 bits per heavy atom. The van der Waals surface area contributed by atoms with Crippen LogP contribution in [-0.2, 0) is 11.1 Å². The van der Waals surface area contributed by atoms with Gasteiger partial charge in [-0.25, -0.2) is 4.39 Å². The molecule has 0 bridgehead atoms. The third-order valence-electron chi connectivity index (χ3n) is 5.16. The van der Waals surface area contributed by atoms with Gasteiger partial charge in [-0.15, -0.1) is 0 Å². The van der Waals surface area contributed by atoms with Crippen molar-refractivity contribution in [1.82, 2.24) is 20.1 Å². The lowest BCUT2D eigenvalue weighted by atomic mass is 9.88. The summed E-state index contributed by atoms with van der Waals surface area (Å²) in [5, 5.41) is 7.76. The van der Waals surface area contributed by atoms with Crippen molar-refractivity contribution in [2.24, 2.45) is 0 Å². The van der Waals surface area contributed by atoms with Gasteiger partial charge in [0.2, 0.25) is 0 Å². The summed E-state index contributed by atoms with van der Waals surface area (Å²) in [5.41, 5.74) is 4.66. The van der Waals surface area contributed by atoms with Crippen LogP contribution >= 0.6 is 0 Å². The van der Waals surface area contributed by atoms with E-state index in [0.717, 1.165) is 54.0 Å². The highest BCUT2D eigenvalue weighted by Crippen LogP contribution is 2.39. The predicted octanol–water partition coefficient (Wildman–Crippen LogP) is 3.29. The van der Waals surface area contributed by atoms with E-state index in [0.29, 0.717) is 0 Å². The third kappa shape index (κ3) is 4.04. The lowest BCUT2D eigenvalue weighted by molar-refractivity contribution is 0.238. The Labute approximate surface area is 165 Å². The Kier molecular flexibility index (Phi) is 5.61. The van der Waals surface area contributed by atoms with Gasteiger partial charge in [-0.3, -0.25) is 19.2 Å². The predicted molar refractivity (Wildman–Crippen MR) is 105 cm³/mol. The first kappa shape index (κ1) is 18.9. The summed E-state index contributed by atoms with van der Waals surface area (Å²) < 4.78 is 35.3. The van der Waals surface area contributed by atoms with E-state index in [1.807, 2.05) is 17.0 Å². The molecule has 1 aliphatic heterocycles. The largest absolute Gasteiger partial charge is 0.771 e. The van der Waals surface area contributed by atoms with Gasteiger partial charge in [0.05, 0.1) is 5.88 Å². The van der Waals surface area contributed by atoms with Gasteiger partial charge in [0, 0.05) is 35.1 Å². The molecule has 1 fully saturated rings. The van der Waals surface area contributed by atoms with Gasteiger partial charge in [-0.1, -0.05) is 0 Å². The molecule has 3 aromatic rings. The van der Waals surface area contributed by atoms with Gasteiger partial charge in [-0.2, -0.15) is 5.10 Å². The van der Waals surface area contributed by atoms with Gasteiger partial charge >= 0.3 is 0 Å². The van der Waals surface area contributed by atoms with Crippen LogP contribution in [0.3, 0.4) is 0 Å². The van der Waals surface area contributed by atoms with E-state index in [1.165, 1.54) is 12.1 Å². The molecule has 8 heteroatoms. The van der Waals surface area contributed by atoms with Crippen LogP contribution in [0.25, 0.3) is 22.4 Å². The topological polar surface area (TPSA) is 84.9 Å². The van der Waals surface area contributed by atoms with Crippen molar-refractivity contribution in [2.75, 3.05) is 19.0 Å². The number of likely N-dealkylation sites (tertiary alicyclic amines) is 1. The van der Waals surface area contributed by atoms with Crippen LogP contribution < -0.4 is 0 Å². The van der Waals surface area contributed by atoms with Crippen molar-refractivity contribution in [3.63, 3.8) is 0 Å². The number of H-pyrrole nitrogens is 1. The highest BCUT2D eigenvalue weighted by molar-refractivity contribution is 7.79. The van der Waals surface area contributed by atoms with Crippen molar-refractivity contribution < 1.29 is 13.2 Å². The molecule has 1 saturated heterocycles. The average molecular weight is 399 g/mol. The number of benzene rings is 1. The summed E-state index contributed by atoms with van der Waals surface area (Å²) in [4.78, 5) is 6.05. The van der Waals surface area contributed by atoms with Gasteiger partial charge in [0.15, 0.2) is 0 Å². The maximum atomic E-state index is 13.4. The number of aromatic amines is 1. The zero-order valence-electron chi connectivity index (χ0n) is 15.2. The van der Waals surface area contributed by atoms with Crippen LogP contribution in [0.4, 0.5) is 4.39 Å². The molecule has 4 rings (SSSR count). The van der Waals surface area contributed by atoms with Gasteiger partial charge in [-0.05, 0) is 79.0 Å². The molecule has 0 amide bonds. The fourth-order valence-electron chi connectivity index (χ4n) is 3.78. The van der Waals surface area contributed by atoms with Crippen molar-refractivity contribution >= 4 is 11.1 Å². The Morgan fingerprint density at radius 3 is 2.43 bits per heavy atom. The Balaban J connectivity index is 1.68. The number of rotatable bonds is 5. The first-order chi connectivity index (χ1) is 13.6. The lowest BCUT2D eigenvalue weighted by Crippen LogP contribution is -2.35. The third-order valence-corrected chi connectivity index (χ3v) is 5.74. The maximum absolute atomic E-state index is 13.4. The van der Waals surface area contributed by atoms with E-state index in [2.05, 4.69) is 15.2 Å². The number of hydrogen-bond donors (Lipinski definition) is 1. The van der Waals surface area contributed by atoms with Crippen LogP contribution in [0.2, 0.25) is 0 Å². The second kappa shape index (κ2) is 8.30. The monoisotopic (exact) mass is 399 g/mol. The molecule has 0 radical (unpaired) electrons. The Hall–Kier alpha value is -2.42. The summed E-state index contributed by atoms with van der Waals surface area (Å²) in [6.45, 7) is 1.44. The minimum Gasteiger partial charge on any atom is -0.771 e. The van der Waals surface area contributed by atoms with Crippen molar-refractivity contribution in [3.05, 3.63) is 60.3 Å². The molecule has 1 N–H and O–H groups in total. The lowest BCUT2D eigenvalue weighted by Gasteiger charge is -2.32. The van der Waals surface area contributed by atoms with Gasteiger partial charge < -0.3 is 4.55 Å². The summed E-state index contributed by atoms with van der Waals surface area (Å²) >= 11 is -2.06. The van der Waals surface area contributed by atoms with Crippen LogP contribution in [0.1, 0.15) is 24.5 Å². The first-order valence-corrected chi connectivity index (χ1v) is 10.4. The fraction of sp³-hybridized carbons (Fsp3) is 0.300. The molecule has 28 heavy (non-hydrogen) atoms. The summed E-state index contributed by atoms with van der Waals surface area (Å²) in [5.74, 6) is 0.0441. The van der Waals surface area contributed by atoms with Gasteiger partial charge in [0.1, 0.15) is 11.5 Å². The minimum atomic E-state index is -2.06. The number of aromatic nitrogens is 3. The molecule has 146 valence electrons. The fourth-order valence-corrected chi connectivity index (χ4v) is 4.33. The maximum Gasteiger partial charge on any atom is 0.123 e. The van der Waals surface area contributed by atoms with Crippen LogP contribution in [0.5, 0.6) is 0 Å². The van der Waals surface area contributed by atoms with E-state index in [1.54, 1.807) is 24.5 Å². The molecule has 1 atom stereocenters. The number of hydrogen-bond acceptors (Lipinski definition) is 5. The number of nitrogens with zero attached hydrogens (tertiary/aromatic N) is 3. The minimum absolute atomic E-state index is 0.0771. The van der Waals surface area contributed by atoms with Gasteiger partial charge in [0.25, 0.3) is 0 Å². The smallest absolute Gasteiger partial charge is 0.123 e. The van der Waals surface area contributed by atoms with E-state index in [4.69, 9.17) is 0 Å². The number of nitrogens with one attached hydrogen (secondary N) is 1. The molecule has 1 aliphatic rings.